The van der Waals surface area contributed by atoms with Crippen LogP contribution < -0.4 is 5.32 Å². The van der Waals surface area contributed by atoms with Gasteiger partial charge in [-0.15, -0.1) is 0 Å². The number of aromatic nitrogens is 2. The standard InChI is InChI=1S/C30H33N5O5/c1-39-22-6-9-33(10-7-22)14-20-13-25(31-28-23(20)8-11-34(28)21-16-40-17-21)18-2-3-24-19(12-18)15-35(30(24)38)26-4-5-27(36)32-29(26)37/h2-3,8,11-13,21-22,26H,4-7,9-10,14-17H2,1H3,(H,32,36,37). The Morgan fingerprint density at radius 1 is 1.07 bits per heavy atom. The van der Waals surface area contributed by atoms with Crippen molar-refractivity contribution in [1.82, 2.24) is 24.7 Å². The first-order chi connectivity index (χ1) is 19.5. The molecule has 0 aliphatic carbocycles. The van der Waals surface area contributed by atoms with Gasteiger partial charge < -0.3 is 18.9 Å². The Kier molecular flexibility index (Phi) is 6.41. The molecule has 10 nitrogen and oxygen atoms in total. The minimum Gasteiger partial charge on any atom is -0.381 e. The number of nitrogens with one attached hydrogen (secondary N) is 1. The molecule has 1 N–H and O–H groups in total. The molecule has 0 bridgehead atoms. The Balaban J connectivity index is 1.21. The number of fused-ring (bicyclic) bond motifs is 2. The molecule has 1 atom stereocenters. The van der Waals surface area contributed by atoms with Gasteiger partial charge in [-0.05, 0) is 54.7 Å². The third-order valence-electron chi connectivity index (χ3n) is 8.87. The third kappa shape index (κ3) is 4.40. The number of methoxy groups -OCH3 is 1. The lowest BCUT2D eigenvalue weighted by atomic mass is 10.0. The van der Waals surface area contributed by atoms with Gasteiger partial charge in [0.05, 0.1) is 31.1 Å². The number of hydrogen-bond donors (Lipinski definition) is 1. The van der Waals surface area contributed by atoms with E-state index < -0.39 is 11.9 Å². The van der Waals surface area contributed by atoms with E-state index in [1.165, 1.54) is 5.56 Å². The number of ether oxygens (including phenoxy) is 2. The summed E-state index contributed by atoms with van der Waals surface area (Å²) in [6.07, 6.45) is 5.10. The van der Waals surface area contributed by atoms with E-state index in [-0.39, 0.29) is 24.3 Å². The first kappa shape index (κ1) is 25.4. The van der Waals surface area contributed by atoms with E-state index in [1.807, 2.05) is 18.2 Å². The van der Waals surface area contributed by atoms with Crippen LogP contribution in [0.4, 0.5) is 0 Å². The Labute approximate surface area is 232 Å². The summed E-state index contributed by atoms with van der Waals surface area (Å²) in [5, 5.41) is 3.53. The molecule has 6 heterocycles. The minimum atomic E-state index is -0.627. The minimum absolute atomic E-state index is 0.168. The van der Waals surface area contributed by atoms with E-state index >= 15 is 0 Å². The number of amides is 3. The smallest absolute Gasteiger partial charge is 0.255 e. The maximum atomic E-state index is 13.2. The van der Waals surface area contributed by atoms with Gasteiger partial charge >= 0.3 is 0 Å². The fraction of sp³-hybridized carbons (Fsp3) is 0.467. The summed E-state index contributed by atoms with van der Waals surface area (Å²) in [5.74, 6) is -0.852. The normalized spacial score (nSPS) is 22.6. The number of nitrogens with zero attached hydrogens (tertiary/aromatic N) is 4. The molecule has 2 aromatic heterocycles. The van der Waals surface area contributed by atoms with E-state index in [0.717, 1.165) is 60.3 Å². The second kappa shape index (κ2) is 10.1. The topological polar surface area (TPSA) is 106 Å². The average molecular weight is 544 g/mol. The van der Waals surface area contributed by atoms with Crippen molar-refractivity contribution in [2.45, 2.75) is 57.0 Å². The zero-order chi connectivity index (χ0) is 27.4. The zero-order valence-electron chi connectivity index (χ0n) is 22.6. The summed E-state index contributed by atoms with van der Waals surface area (Å²) >= 11 is 0. The number of carbonyl (C=O) groups excluding carboxylic acids is 3. The molecule has 40 heavy (non-hydrogen) atoms. The van der Waals surface area contributed by atoms with Crippen LogP contribution in [-0.2, 0) is 32.2 Å². The zero-order valence-corrected chi connectivity index (χ0v) is 22.6. The van der Waals surface area contributed by atoms with Crippen molar-refractivity contribution in [3.05, 3.63) is 53.2 Å². The van der Waals surface area contributed by atoms with Gasteiger partial charge in [0.15, 0.2) is 0 Å². The molecule has 4 aliphatic rings. The van der Waals surface area contributed by atoms with E-state index in [1.54, 1.807) is 12.0 Å². The molecule has 0 saturated carbocycles. The highest BCUT2D eigenvalue weighted by Gasteiger charge is 2.39. The first-order valence-electron chi connectivity index (χ1n) is 14.1. The van der Waals surface area contributed by atoms with Crippen LogP contribution >= 0.6 is 0 Å². The highest BCUT2D eigenvalue weighted by Crippen LogP contribution is 2.34. The van der Waals surface area contributed by atoms with Gasteiger partial charge in [0.25, 0.3) is 5.91 Å². The van der Waals surface area contributed by atoms with Crippen molar-refractivity contribution in [3.8, 4) is 11.3 Å². The number of imide groups is 1. The van der Waals surface area contributed by atoms with Crippen molar-refractivity contribution in [2.24, 2.45) is 0 Å². The number of rotatable bonds is 6. The van der Waals surface area contributed by atoms with Crippen molar-refractivity contribution in [3.63, 3.8) is 0 Å². The molecule has 3 amide bonds. The molecule has 1 aromatic carbocycles. The molecule has 1 unspecified atom stereocenters. The van der Waals surface area contributed by atoms with Gasteiger partial charge in [0.2, 0.25) is 11.8 Å². The van der Waals surface area contributed by atoms with Crippen LogP contribution in [0, 0.1) is 0 Å². The molecule has 4 aliphatic heterocycles. The highest BCUT2D eigenvalue weighted by molar-refractivity contribution is 6.05. The number of piperidine rings is 2. The molecule has 7 rings (SSSR count). The molecule has 3 saturated heterocycles. The second-order valence-corrected chi connectivity index (χ2v) is 11.3. The summed E-state index contributed by atoms with van der Waals surface area (Å²) in [6.45, 7) is 4.53. The monoisotopic (exact) mass is 543 g/mol. The summed E-state index contributed by atoms with van der Waals surface area (Å²) in [7, 11) is 1.79. The van der Waals surface area contributed by atoms with Gasteiger partial charge in [0, 0.05) is 62.4 Å². The van der Waals surface area contributed by atoms with Crippen molar-refractivity contribution in [2.75, 3.05) is 33.4 Å². The summed E-state index contributed by atoms with van der Waals surface area (Å²) in [6, 6.07) is 9.83. The maximum absolute atomic E-state index is 13.2. The van der Waals surface area contributed by atoms with Gasteiger partial charge in [0.1, 0.15) is 11.7 Å². The first-order valence-corrected chi connectivity index (χ1v) is 14.1. The molecule has 0 radical (unpaired) electrons. The fourth-order valence-electron chi connectivity index (χ4n) is 6.43. The average Bonchev–Trinajstić information content (AvgIpc) is 3.49. The number of likely N-dealkylation sites (tertiary alicyclic amines) is 1. The lowest BCUT2D eigenvalue weighted by Crippen LogP contribution is -2.52. The molecule has 3 fully saturated rings. The summed E-state index contributed by atoms with van der Waals surface area (Å²) in [4.78, 5) is 46.5. The third-order valence-corrected chi connectivity index (χ3v) is 8.87. The van der Waals surface area contributed by atoms with Crippen molar-refractivity contribution < 1.29 is 23.9 Å². The van der Waals surface area contributed by atoms with E-state index in [4.69, 9.17) is 14.5 Å². The van der Waals surface area contributed by atoms with Gasteiger partial charge in [-0.3, -0.25) is 24.6 Å². The second-order valence-electron chi connectivity index (χ2n) is 11.3. The summed E-state index contributed by atoms with van der Waals surface area (Å²) in [5.41, 5.74) is 5.47. The Bertz CT molecular complexity index is 1500. The number of carbonyl (C=O) groups is 3. The predicted molar refractivity (Wildman–Crippen MR) is 146 cm³/mol. The lowest BCUT2D eigenvalue weighted by molar-refractivity contribution is -0.136. The Morgan fingerprint density at radius 3 is 2.62 bits per heavy atom. The van der Waals surface area contributed by atoms with Gasteiger partial charge in [-0.1, -0.05) is 6.07 Å². The molecular weight excluding hydrogens is 510 g/mol. The summed E-state index contributed by atoms with van der Waals surface area (Å²) < 4.78 is 13.3. The highest BCUT2D eigenvalue weighted by atomic mass is 16.5. The number of hydrogen-bond acceptors (Lipinski definition) is 7. The van der Waals surface area contributed by atoms with Crippen LogP contribution in [0.15, 0.2) is 36.5 Å². The van der Waals surface area contributed by atoms with E-state index in [9.17, 15) is 14.4 Å². The van der Waals surface area contributed by atoms with Crippen LogP contribution in [0.25, 0.3) is 22.3 Å². The van der Waals surface area contributed by atoms with Crippen LogP contribution in [0.1, 0.15) is 53.2 Å². The molecule has 3 aromatic rings. The molecule has 0 spiro atoms. The Hall–Kier alpha value is -3.60. The van der Waals surface area contributed by atoms with Crippen LogP contribution in [0.5, 0.6) is 0 Å². The quantitative estimate of drug-likeness (QED) is 0.477. The molecular formula is C30H33N5O5. The van der Waals surface area contributed by atoms with Crippen LogP contribution in [0.3, 0.4) is 0 Å². The van der Waals surface area contributed by atoms with Crippen molar-refractivity contribution in [1.29, 1.82) is 0 Å². The molecule has 10 heteroatoms. The molecule has 208 valence electrons. The number of pyridine rings is 1. The van der Waals surface area contributed by atoms with Gasteiger partial charge in [-0.2, -0.15) is 0 Å². The lowest BCUT2D eigenvalue weighted by Gasteiger charge is -2.31. The van der Waals surface area contributed by atoms with E-state index in [0.29, 0.717) is 37.8 Å². The Morgan fingerprint density at radius 2 is 1.90 bits per heavy atom. The van der Waals surface area contributed by atoms with E-state index in [2.05, 4.69) is 33.1 Å². The number of benzene rings is 1. The van der Waals surface area contributed by atoms with Crippen LogP contribution in [-0.4, -0.2) is 82.6 Å². The predicted octanol–water partition coefficient (Wildman–Crippen LogP) is 2.65. The largest absolute Gasteiger partial charge is 0.381 e. The maximum Gasteiger partial charge on any atom is 0.255 e. The SMILES string of the molecule is COC1CCN(Cc2cc(-c3ccc4c(c3)CN(C3CCC(=O)NC3=O)C4=O)nc3c2ccn3C2COC2)CC1. The van der Waals surface area contributed by atoms with Gasteiger partial charge in [-0.25, -0.2) is 4.98 Å². The van der Waals surface area contributed by atoms with Crippen LogP contribution in [0.2, 0.25) is 0 Å². The van der Waals surface area contributed by atoms with Crippen molar-refractivity contribution >= 4 is 28.8 Å². The fourth-order valence-corrected chi connectivity index (χ4v) is 6.43.